The molecule has 0 fully saturated rings. The summed E-state index contributed by atoms with van der Waals surface area (Å²) >= 11 is 3.10. The van der Waals surface area contributed by atoms with E-state index in [1.165, 1.54) is 23.2 Å². The third-order valence-corrected chi connectivity index (χ3v) is 3.11. The van der Waals surface area contributed by atoms with Crippen molar-refractivity contribution in [1.29, 1.82) is 0 Å². The number of carboxylic acid groups (broad SMARTS) is 1. The Hall–Kier alpha value is -2.15. The third-order valence-electron chi connectivity index (χ3n) is 2.57. The van der Waals surface area contributed by atoms with Gasteiger partial charge in [-0.25, -0.2) is 9.78 Å². The smallest absolute Gasteiger partial charge is 0.339 e. The highest BCUT2D eigenvalue weighted by molar-refractivity contribution is 9.10. The molecule has 2 rings (SSSR count). The fourth-order valence-corrected chi connectivity index (χ4v) is 1.95. The fourth-order valence-electron chi connectivity index (χ4n) is 1.61. The summed E-state index contributed by atoms with van der Waals surface area (Å²) in [6, 6.07) is 6.35. The lowest BCUT2D eigenvalue weighted by Crippen LogP contribution is -2.23. The van der Waals surface area contributed by atoms with E-state index in [0.29, 0.717) is 4.47 Å². The molecule has 0 aliphatic carbocycles. The van der Waals surface area contributed by atoms with Crippen molar-refractivity contribution in [3.63, 3.8) is 0 Å². The monoisotopic (exact) mass is 338 g/mol. The SMILES string of the molecule is O=C(O)c1ccccc1OCCn1cncc(Br)c1=O. The minimum absolute atomic E-state index is 0.0900. The number of hydrogen-bond acceptors (Lipinski definition) is 4. The minimum Gasteiger partial charge on any atom is -0.491 e. The molecule has 0 amide bonds. The van der Waals surface area contributed by atoms with Crippen LogP contribution in [0.5, 0.6) is 5.75 Å². The molecule has 0 bridgehead atoms. The Morgan fingerprint density at radius 2 is 2.15 bits per heavy atom. The molecule has 104 valence electrons. The number of benzene rings is 1. The van der Waals surface area contributed by atoms with Crippen LogP contribution in [-0.4, -0.2) is 27.2 Å². The van der Waals surface area contributed by atoms with Gasteiger partial charge < -0.3 is 9.84 Å². The first-order valence-electron chi connectivity index (χ1n) is 5.74. The molecule has 0 unspecified atom stereocenters. The lowest BCUT2D eigenvalue weighted by atomic mass is 10.2. The van der Waals surface area contributed by atoms with Gasteiger partial charge in [0.15, 0.2) is 0 Å². The Bertz CT molecular complexity index is 684. The van der Waals surface area contributed by atoms with E-state index < -0.39 is 5.97 Å². The number of aromatic nitrogens is 2. The second kappa shape index (κ2) is 6.33. The van der Waals surface area contributed by atoms with Gasteiger partial charge in [-0.3, -0.25) is 9.36 Å². The van der Waals surface area contributed by atoms with Crippen molar-refractivity contribution in [3.05, 3.63) is 57.2 Å². The van der Waals surface area contributed by atoms with Crippen LogP contribution in [-0.2, 0) is 6.54 Å². The lowest BCUT2D eigenvalue weighted by Gasteiger charge is -2.10. The first kappa shape index (κ1) is 14.3. The van der Waals surface area contributed by atoms with Crippen LogP contribution in [0.15, 0.2) is 46.1 Å². The Morgan fingerprint density at radius 1 is 1.40 bits per heavy atom. The van der Waals surface area contributed by atoms with Gasteiger partial charge in [0.05, 0.1) is 12.9 Å². The maximum absolute atomic E-state index is 11.7. The van der Waals surface area contributed by atoms with Crippen molar-refractivity contribution >= 4 is 21.9 Å². The predicted molar refractivity (Wildman–Crippen MR) is 75.1 cm³/mol. The largest absolute Gasteiger partial charge is 0.491 e. The molecule has 1 heterocycles. The topological polar surface area (TPSA) is 81.4 Å². The summed E-state index contributed by atoms with van der Waals surface area (Å²) in [7, 11) is 0. The zero-order valence-corrected chi connectivity index (χ0v) is 11.9. The minimum atomic E-state index is -1.05. The fraction of sp³-hybridized carbons (Fsp3) is 0.154. The molecule has 2 aromatic rings. The molecule has 6 nitrogen and oxygen atoms in total. The van der Waals surface area contributed by atoms with Crippen molar-refractivity contribution in [1.82, 2.24) is 9.55 Å². The Balaban J connectivity index is 2.05. The number of aromatic carboxylic acids is 1. The van der Waals surface area contributed by atoms with Gasteiger partial charge in [-0.2, -0.15) is 0 Å². The standard InChI is InChI=1S/C13H11BrN2O4/c14-10-7-15-8-16(12(10)17)5-6-20-11-4-2-1-3-9(11)13(18)19/h1-4,7-8H,5-6H2,(H,18,19). The molecule has 0 saturated heterocycles. The Labute approximate surface area is 122 Å². The maximum atomic E-state index is 11.7. The van der Waals surface area contributed by atoms with Crippen molar-refractivity contribution in [2.45, 2.75) is 6.54 Å². The molecule has 0 radical (unpaired) electrons. The van der Waals surface area contributed by atoms with Gasteiger partial charge >= 0.3 is 5.97 Å². The predicted octanol–water partition coefficient (Wildman–Crippen LogP) is 1.78. The van der Waals surface area contributed by atoms with Gasteiger partial charge in [0.25, 0.3) is 5.56 Å². The third kappa shape index (κ3) is 3.24. The second-order valence-corrected chi connectivity index (χ2v) is 4.74. The normalized spacial score (nSPS) is 10.2. The molecule has 20 heavy (non-hydrogen) atoms. The molecule has 0 atom stereocenters. The van der Waals surface area contributed by atoms with E-state index in [2.05, 4.69) is 20.9 Å². The molecule has 0 aliphatic rings. The van der Waals surface area contributed by atoms with Gasteiger partial charge in [0, 0.05) is 6.20 Å². The summed E-state index contributed by atoms with van der Waals surface area (Å²) in [6.07, 6.45) is 2.82. The molecular formula is C13H11BrN2O4. The molecule has 1 aromatic heterocycles. The summed E-state index contributed by atoms with van der Waals surface area (Å²) < 4.78 is 7.16. The quantitative estimate of drug-likeness (QED) is 0.898. The van der Waals surface area contributed by atoms with Crippen molar-refractivity contribution in [2.24, 2.45) is 0 Å². The summed E-state index contributed by atoms with van der Waals surface area (Å²) in [5.74, 6) is -0.780. The van der Waals surface area contributed by atoms with Crippen molar-refractivity contribution < 1.29 is 14.6 Å². The average Bonchev–Trinajstić information content (AvgIpc) is 2.44. The van der Waals surface area contributed by atoms with Gasteiger partial charge in [-0.1, -0.05) is 12.1 Å². The zero-order valence-electron chi connectivity index (χ0n) is 10.3. The molecular weight excluding hydrogens is 328 g/mol. The van der Waals surface area contributed by atoms with Crippen LogP contribution in [0.4, 0.5) is 0 Å². The number of carboxylic acids is 1. The van der Waals surface area contributed by atoms with Crippen LogP contribution >= 0.6 is 15.9 Å². The second-order valence-electron chi connectivity index (χ2n) is 3.89. The number of para-hydroxylation sites is 1. The highest BCUT2D eigenvalue weighted by Crippen LogP contribution is 2.17. The summed E-state index contributed by atoms with van der Waals surface area (Å²) in [6.45, 7) is 0.446. The van der Waals surface area contributed by atoms with E-state index in [1.54, 1.807) is 18.2 Å². The van der Waals surface area contributed by atoms with E-state index in [0.717, 1.165) is 0 Å². The number of nitrogens with zero attached hydrogens (tertiary/aromatic N) is 2. The van der Waals surface area contributed by atoms with E-state index in [4.69, 9.17) is 9.84 Å². The first-order valence-corrected chi connectivity index (χ1v) is 6.54. The highest BCUT2D eigenvalue weighted by Gasteiger charge is 2.10. The Kier molecular flexibility index (Phi) is 4.52. The van der Waals surface area contributed by atoms with Crippen LogP contribution in [0.2, 0.25) is 0 Å². The van der Waals surface area contributed by atoms with E-state index in [1.807, 2.05) is 0 Å². The summed E-state index contributed by atoms with van der Waals surface area (Å²) in [4.78, 5) is 26.6. The number of carbonyl (C=O) groups is 1. The summed E-state index contributed by atoms with van der Waals surface area (Å²) in [5.41, 5.74) is -0.123. The number of halogens is 1. The van der Waals surface area contributed by atoms with Gasteiger partial charge in [-0.05, 0) is 28.1 Å². The van der Waals surface area contributed by atoms with Crippen molar-refractivity contribution in [2.75, 3.05) is 6.61 Å². The van der Waals surface area contributed by atoms with Crippen LogP contribution in [0.3, 0.4) is 0 Å². The molecule has 7 heteroatoms. The molecule has 0 saturated carbocycles. The lowest BCUT2D eigenvalue weighted by molar-refractivity contribution is 0.0692. The zero-order chi connectivity index (χ0) is 14.5. The Morgan fingerprint density at radius 3 is 2.90 bits per heavy atom. The van der Waals surface area contributed by atoms with Crippen LogP contribution < -0.4 is 10.3 Å². The highest BCUT2D eigenvalue weighted by atomic mass is 79.9. The maximum Gasteiger partial charge on any atom is 0.339 e. The van der Waals surface area contributed by atoms with Crippen LogP contribution in [0, 0.1) is 0 Å². The van der Waals surface area contributed by atoms with Crippen molar-refractivity contribution in [3.8, 4) is 5.75 Å². The van der Waals surface area contributed by atoms with E-state index >= 15 is 0 Å². The van der Waals surface area contributed by atoms with E-state index in [9.17, 15) is 9.59 Å². The van der Waals surface area contributed by atoms with Gasteiger partial charge in [-0.15, -0.1) is 0 Å². The van der Waals surface area contributed by atoms with Crippen LogP contribution in [0.25, 0.3) is 0 Å². The molecule has 0 aliphatic heterocycles. The summed E-state index contributed by atoms with van der Waals surface area (Å²) in [5, 5.41) is 9.01. The van der Waals surface area contributed by atoms with E-state index in [-0.39, 0.29) is 30.0 Å². The average molecular weight is 339 g/mol. The molecule has 1 aromatic carbocycles. The molecule has 0 spiro atoms. The first-order chi connectivity index (χ1) is 9.59. The number of hydrogen-bond donors (Lipinski definition) is 1. The number of rotatable bonds is 5. The van der Waals surface area contributed by atoms with Crippen LogP contribution in [0.1, 0.15) is 10.4 Å². The van der Waals surface area contributed by atoms with Gasteiger partial charge in [0.1, 0.15) is 22.4 Å². The number of ether oxygens (including phenoxy) is 1. The molecule has 1 N–H and O–H groups in total. The van der Waals surface area contributed by atoms with Gasteiger partial charge in [0.2, 0.25) is 0 Å².